The Morgan fingerprint density at radius 3 is 2.58 bits per heavy atom. The van der Waals surface area contributed by atoms with Crippen LogP contribution in [0.5, 0.6) is 0 Å². The third-order valence-corrected chi connectivity index (χ3v) is 4.56. The van der Waals surface area contributed by atoms with E-state index in [1.54, 1.807) is 42.5 Å². The molecule has 1 atom stereocenters. The summed E-state index contributed by atoms with van der Waals surface area (Å²) in [6.45, 7) is 5.33. The second-order valence-electron chi connectivity index (χ2n) is 5.29. The molecule has 1 unspecified atom stereocenters. The van der Waals surface area contributed by atoms with Crippen LogP contribution >= 0.6 is 11.8 Å². The highest BCUT2D eigenvalue weighted by atomic mass is 32.2. The summed E-state index contributed by atoms with van der Waals surface area (Å²) in [5.74, 6) is -0.984. The molecule has 5 nitrogen and oxygen atoms in total. The van der Waals surface area contributed by atoms with Crippen molar-refractivity contribution >= 4 is 23.6 Å². The minimum atomic E-state index is -0.924. The maximum Gasteiger partial charge on any atom is 0.340 e. The highest BCUT2D eigenvalue weighted by molar-refractivity contribution is 7.99. The van der Waals surface area contributed by atoms with E-state index in [1.807, 2.05) is 12.1 Å². The first-order chi connectivity index (χ1) is 12.6. The lowest BCUT2D eigenvalue weighted by molar-refractivity contribution is -0.128. The van der Waals surface area contributed by atoms with Gasteiger partial charge in [0.15, 0.2) is 6.10 Å². The molecule has 2 rings (SSSR count). The molecule has 0 aromatic heterocycles. The molecule has 1 N–H and O–H groups in total. The van der Waals surface area contributed by atoms with E-state index < -0.39 is 18.0 Å². The number of nitrogens with one attached hydrogen (secondary N) is 1. The van der Waals surface area contributed by atoms with Crippen molar-refractivity contribution in [1.82, 2.24) is 5.32 Å². The fourth-order valence-electron chi connectivity index (χ4n) is 2.08. The predicted molar refractivity (Wildman–Crippen MR) is 99.8 cm³/mol. The Bertz CT molecular complexity index is 858. The second kappa shape index (κ2) is 9.44. The van der Waals surface area contributed by atoms with Crippen LogP contribution in [0.4, 0.5) is 0 Å². The molecular formula is C20H18N2O3S. The lowest BCUT2D eigenvalue weighted by Gasteiger charge is -2.14. The van der Waals surface area contributed by atoms with Gasteiger partial charge >= 0.3 is 5.97 Å². The summed E-state index contributed by atoms with van der Waals surface area (Å²) < 4.78 is 5.27. The van der Waals surface area contributed by atoms with Crippen LogP contribution in [0.25, 0.3) is 0 Å². The Morgan fingerprint density at radius 1 is 1.23 bits per heavy atom. The fraction of sp³-hybridized carbons (Fsp3) is 0.150. The van der Waals surface area contributed by atoms with Crippen molar-refractivity contribution < 1.29 is 14.3 Å². The zero-order valence-corrected chi connectivity index (χ0v) is 15.1. The predicted octanol–water partition coefficient (Wildman–Crippen LogP) is 3.56. The molecule has 0 fully saturated rings. The Labute approximate surface area is 156 Å². The standard InChI is InChI=1S/C20H18N2O3S/c1-3-12-22-19(23)14(2)25-20(24)16-9-5-7-11-18(16)26-17-10-6-4-8-15(17)13-21/h3-11,14H,1,12H2,2H3,(H,22,23). The zero-order chi connectivity index (χ0) is 18.9. The van der Waals surface area contributed by atoms with E-state index in [0.717, 1.165) is 4.90 Å². The van der Waals surface area contributed by atoms with Gasteiger partial charge in [-0.3, -0.25) is 4.79 Å². The van der Waals surface area contributed by atoms with Crippen LogP contribution in [-0.2, 0) is 9.53 Å². The molecule has 0 spiro atoms. The SMILES string of the molecule is C=CCNC(=O)C(C)OC(=O)c1ccccc1Sc1ccccc1C#N. The number of ether oxygens (including phenoxy) is 1. The van der Waals surface area contributed by atoms with Crippen molar-refractivity contribution in [3.05, 3.63) is 72.3 Å². The molecule has 0 saturated heterocycles. The van der Waals surface area contributed by atoms with Gasteiger partial charge in [-0.05, 0) is 31.2 Å². The molecule has 2 aromatic rings. The number of amides is 1. The van der Waals surface area contributed by atoms with Crippen molar-refractivity contribution in [1.29, 1.82) is 5.26 Å². The van der Waals surface area contributed by atoms with Crippen LogP contribution in [-0.4, -0.2) is 24.5 Å². The molecule has 0 saturated carbocycles. The van der Waals surface area contributed by atoms with Gasteiger partial charge in [-0.2, -0.15) is 5.26 Å². The van der Waals surface area contributed by atoms with Crippen molar-refractivity contribution in [3.63, 3.8) is 0 Å². The molecule has 0 bridgehead atoms. The first-order valence-corrected chi connectivity index (χ1v) is 8.74. The molecule has 132 valence electrons. The first-order valence-electron chi connectivity index (χ1n) is 7.92. The summed E-state index contributed by atoms with van der Waals surface area (Å²) in [7, 11) is 0. The molecule has 0 radical (unpaired) electrons. The topological polar surface area (TPSA) is 79.2 Å². The summed E-state index contributed by atoms with van der Waals surface area (Å²) in [6.07, 6.45) is 0.622. The van der Waals surface area contributed by atoms with Gasteiger partial charge in [-0.25, -0.2) is 4.79 Å². The smallest absolute Gasteiger partial charge is 0.340 e. The number of esters is 1. The molecule has 2 aromatic carbocycles. The molecule has 6 heteroatoms. The van der Waals surface area contributed by atoms with Crippen LogP contribution < -0.4 is 5.32 Å². The van der Waals surface area contributed by atoms with Crippen LogP contribution in [0.2, 0.25) is 0 Å². The van der Waals surface area contributed by atoms with Crippen molar-refractivity contribution in [3.8, 4) is 6.07 Å². The average molecular weight is 366 g/mol. The Kier molecular flexibility index (Phi) is 7.01. The van der Waals surface area contributed by atoms with Crippen molar-refractivity contribution in [2.45, 2.75) is 22.8 Å². The van der Waals surface area contributed by atoms with Crippen molar-refractivity contribution in [2.75, 3.05) is 6.54 Å². The summed E-state index contributed by atoms with van der Waals surface area (Å²) >= 11 is 1.31. The third kappa shape index (κ3) is 4.98. The van der Waals surface area contributed by atoms with E-state index in [4.69, 9.17) is 4.74 Å². The van der Waals surface area contributed by atoms with E-state index >= 15 is 0 Å². The maximum absolute atomic E-state index is 12.5. The first kappa shape index (κ1) is 19.3. The van der Waals surface area contributed by atoms with E-state index in [1.165, 1.54) is 18.7 Å². The van der Waals surface area contributed by atoms with E-state index in [2.05, 4.69) is 18.0 Å². The fourth-order valence-corrected chi connectivity index (χ4v) is 3.10. The summed E-state index contributed by atoms with van der Waals surface area (Å²) in [5.41, 5.74) is 0.867. The monoisotopic (exact) mass is 366 g/mol. The molecule has 0 heterocycles. The number of hydrogen-bond acceptors (Lipinski definition) is 5. The van der Waals surface area contributed by atoms with E-state index in [-0.39, 0.29) is 0 Å². The molecule has 1 amide bonds. The van der Waals surface area contributed by atoms with Gasteiger partial charge in [-0.15, -0.1) is 6.58 Å². The number of benzene rings is 2. The minimum Gasteiger partial charge on any atom is -0.449 e. The van der Waals surface area contributed by atoms with E-state index in [0.29, 0.717) is 22.6 Å². The van der Waals surface area contributed by atoms with Crippen LogP contribution in [0, 0.1) is 11.3 Å². The van der Waals surface area contributed by atoms with Gasteiger partial charge < -0.3 is 10.1 Å². The van der Waals surface area contributed by atoms with Gasteiger partial charge in [-0.1, -0.05) is 42.1 Å². The number of hydrogen-bond donors (Lipinski definition) is 1. The quantitative estimate of drug-likeness (QED) is 0.599. The summed E-state index contributed by atoms with van der Waals surface area (Å²) in [6, 6.07) is 16.2. The van der Waals surface area contributed by atoms with Gasteiger partial charge in [0.25, 0.3) is 5.91 Å². The molecule has 0 aliphatic rings. The summed E-state index contributed by atoms with van der Waals surface area (Å²) in [5, 5.41) is 11.8. The van der Waals surface area contributed by atoms with Gasteiger partial charge in [0, 0.05) is 16.3 Å². The summed E-state index contributed by atoms with van der Waals surface area (Å²) in [4.78, 5) is 25.7. The number of nitriles is 1. The average Bonchev–Trinajstić information content (AvgIpc) is 2.66. The lowest BCUT2D eigenvalue weighted by Crippen LogP contribution is -2.35. The minimum absolute atomic E-state index is 0.304. The lowest BCUT2D eigenvalue weighted by atomic mass is 10.2. The van der Waals surface area contributed by atoms with Crippen LogP contribution in [0.15, 0.2) is 71.0 Å². The normalized spacial score (nSPS) is 11.1. The van der Waals surface area contributed by atoms with Gasteiger partial charge in [0.1, 0.15) is 6.07 Å². The third-order valence-electron chi connectivity index (χ3n) is 3.41. The van der Waals surface area contributed by atoms with Gasteiger partial charge in [0.05, 0.1) is 11.1 Å². The van der Waals surface area contributed by atoms with Crippen LogP contribution in [0.3, 0.4) is 0 Å². The van der Waals surface area contributed by atoms with Crippen LogP contribution in [0.1, 0.15) is 22.8 Å². The zero-order valence-electron chi connectivity index (χ0n) is 14.3. The molecule has 0 aliphatic heterocycles. The highest BCUT2D eigenvalue weighted by Crippen LogP contribution is 2.32. The number of carbonyl (C=O) groups is 2. The molecule has 0 aliphatic carbocycles. The Morgan fingerprint density at radius 2 is 1.88 bits per heavy atom. The molecular weight excluding hydrogens is 348 g/mol. The Hall–Kier alpha value is -3.04. The van der Waals surface area contributed by atoms with Crippen molar-refractivity contribution in [2.24, 2.45) is 0 Å². The maximum atomic E-state index is 12.5. The number of carbonyl (C=O) groups excluding carboxylic acids is 2. The largest absolute Gasteiger partial charge is 0.449 e. The second-order valence-corrected chi connectivity index (χ2v) is 6.37. The number of rotatable bonds is 7. The number of nitrogens with zero attached hydrogens (tertiary/aromatic N) is 1. The van der Waals surface area contributed by atoms with E-state index in [9.17, 15) is 14.9 Å². The Balaban J connectivity index is 2.18. The van der Waals surface area contributed by atoms with Gasteiger partial charge in [0.2, 0.25) is 0 Å². The highest BCUT2D eigenvalue weighted by Gasteiger charge is 2.21. The molecule has 26 heavy (non-hydrogen) atoms.